The lowest BCUT2D eigenvalue weighted by atomic mass is 10.1. The van der Waals surface area contributed by atoms with E-state index < -0.39 is 0 Å². The number of amides is 1. The number of nitrogens with zero attached hydrogens (tertiary/aromatic N) is 1. The molecule has 0 aromatic heterocycles. The van der Waals surface area contributed by atoms with E-state index in [1.54, 1.807) is 30.5 Å². The van der Waals surface area contributed by atoms with Crippen molar-refractivity contribution in [1.82, 2.24) is 5.43 Å². The third kappa shape index (κ3) is 5.72. The molecule has 0 heterocycles. The van der Waals surface area contributed by atoms with Crippen LogP contribution in [-0.4, -0.2) is 18.7 Å². The summed E-state index contributed by atoms with van der Waals surface area (Å²) >= 11 is 0. The predicted octanol–water partition coefficient (Wildman–Crippen LogP) is 4.29. The molecule has 0 spiro atoms. The number of hydrogen-bond donors (Lipinski definition) is 1. The smallest absolute Gasteiger partial charge is 0.271 e. The van der Waals surface area contributed by atoms with E-state index in [0.29, 0.717) is 12.2 Å². The summed E-state index contributed by atoms with van der Waals surface area (Å²) in [4.78, 5) is 12.0. The maximum absolute atomic E-state index is 12.0. The Balaban J connectivity index is 1.89. The summed E-state index contributed by atoms with van der Waals surface area (Å²) in [6, 6.07) is 17.0. The second-order valence-corrected chi connectivity index (χ2v) is 5.37. The van der Waals surface area contributed by atoms with Crippen LogP contribution in [0, 0.1) is 0 Å². The van der Waals surface area contributed by atoms with Crippen LogP contribution < -0.4 is 10.2 Å². The van der Waals surface area contributed by atoms with Crippen LogP contribution in [0.1, 0.15) is 36.2 Å². The molecule has 0 saturated heterocycles. The van der Waals surface area contributed by atoms with E-state index in [-0.39, 0.29) is 5.91 Å². The largest absolute Gasteiger partial charge is 0.494 e. The van der Waals surface area contributed by atoms with Crippen LogP contribution in [0.15, 0.2) is 65.3 Å². The SMILES string of the molecule is CCCOc1ccc(C(=O)N/N=C\C(C)=C/c2ccccc2)cc1. The summed E-state index contributed by atoms with van der Waals surface area (Å²) in [5.74, 6) is 0.513. The summed E-state index contributed by atoms with van der Waals surface area (Å²) in [6.45, 7) is 4.65. The fraction of sp³-hybridized carbons (Fsp3) is 0.200. The highest BCUT2D eigenvalue weighted by Gasteiger charge is 2.04. The molecule has 2 aromatic carbocycles. The van der Waals surface area contributed by atoms with Crippen LogP contribution in [0.2, 0.25) is 0 Å². The average Bonchev–Trinajstić information content (AvgIpc) is 2.61. The van der Waals surface area contributed by atoms with E-state index in [1.807, 2.05) is 50.3 Å². The standard InChI is InChI=1S/C20H22N2O2/c1-3-13-24-19-11-9-18(10-12-19)20(23)22-21-15-16(2)14-17-7-5-4-6-8-17/h4-12,14-15H,3,13H2,1-2H3,(H,22,23)/b16-14-,21-15-. The Morgan fingerprint density at radius 2 is 1.83 bits per heavy atom. The Morgan fingerprint density at radius 3 is 2.50 bits per heavy atom. The van der Waals surface area contributed by atoms with Gasteiger partial charge < -0.3 is 4.74 Å². The van der Waals surface area contributed by atoms with Gasteiger partial charge in [-0.15, -0.1) is 0 Å². The first-order chi connectivity index (χ1) is 11.7. The van der Waals surface area contributed by atoms with Gasteiger partial charge in [0, 0.05) is 5.56 Å². The molecule has 1 amide bonds. The summed E-state index contributed by atoms with van der Waals surface area (Å²) in [6.07, 6.45) is 4.58. The average molecular weight is 322 g/mol. The van der Waals surface area contributed by atoms with Gasteiger partial charge in [0.2, 0.25) is 0 Å². The molecular weight excluding hydrogens is 300 g/mol. The molecule has 2 rings (SSSR count). The second-order valence-electron chi connectivity index (χ2n) is 5.37. The minimum absolute atomic E-state index is 0.249. The minimum atomic E-state index is -0.249. The third-order valence-corrected chi connectivity index (χ3v) is 3.22. The number of carbonyl (C=O) groups excluding carboxylic acids is 1. The van der Waals surface area contributed by atoms with Gasteiger partial charge in [0.15, 0.2) is 0 Å². The first-order valence-electron chi connectivity index (χ1n) is 7.98. The number of hydrazone groups is 1. The van der Waals surface area contributed by atoms with E-state index in [0.717, 1.165) is 23.3 Å². The van der Waals surface area contributed by atoms with Gasteiger partial charge in [-0.2, -0.15) is 5.10 Å². The zero-order valence-corrected chi connectivity index (χ0v) is 14.0. The second kappa shape index (κ2) is 9.30. The zero-order chi connectivity index (χ0) is 17.2. The number of carbonyl (C=O) groups is 1. The van der Waals surface area contributed by atoms with Gasteiger partial charge in [0.05, 0.1) is 12.8 Å². The quantitative estimate of drug-likeness (QED) is 0.610. The molecule has 4 heteroatoms. The molecule has 0 bridgehead atoms. The highest BCUT2D eigenvalue weighted by molar-refractivity contribution is 5.95. The van der Waals surface area contributed by atoms with Crippen LogP contribution in [0.4, 0.5) is 0 Å². The van der Waals surface area contributed by atoms with E-state index in [4.69, 9.17) is 4.74 Å². The molecule has 24 heavy (non-hydrogen) atoms. The number of allylic oxidation sites excluding steroid dienone is 1. The van der Waals surface area contributed by atoms with Crippen LogP contribution in [0.5, 0.6) is 5.75 Å². The lowest BCUT2D eigenvalue weighted by Crippen LogP contribution is -2.17. The molecule has 0 fully saturated rings. The van der Waals surface area contributed by atoms with Crippen LogP contribution in [-0.2, 0) is 0 Å². The maximum Gasteiger partial charge on any atom is 0.271 e. The molecule has 0 saturated carbocycles. The Bertz CT molecular complexity index is 704. The van der Waals surface area contributed by atoms with Gasteiger partial charge in [0.25, 0.3) is 5.91 Å². The van der Waals surface area contributed by atoms with Crippen molar-refractivity contribution in [3.8, 4) is 5.75 Å². The highest BCUT2D eigenvalue weighted by Crippen LogP contribution is 2.12. The maximum atomic E-state index is 12.0. The van der Waals surface area contributed by atoms with Crippen LogP contribution >= 0.6 is 0 Å². The molecule has 0 atom stereocenters. The monoisotopic (exact) mass is 322 g/mol. The van der Waals surface area contributed by atoms with E-state index in [2.05, 4.69) is 10.5 Å². The molecule has 1 N–H and O–H groups in total. The highest BCUT2D eigenvalue weighted by atomic mass is 16.5. The molecule has 0 aliphatic heterocycles. The fourth-order valence-corrected chi connectivity index (χ4v) is 2.03. The van der Waals surface area contributed by atoms with E-state index in [9.17, 15) is 4.79 Å². The third-order valence-electron chi connectivity index (χ3n) is 3.22. The van der Waals surface area contributed by atoms with Crippen molar-refractivity contribution in [3.63, 3.8) is 0 Å². The summed E-state index contributed by atoms with van der Waals surface area (Å²) in [5, 5.41) is 3.99. The molecule has 0 aliphatic carbocycles. The molecular formula is C20H22N2O2. The van der Waals surface area contributed by atoms with Crippen LogP contribution in [0.25, 0.3) is 6.08 Å². The van der Waals surface area contributed by atoms with Crippen molar-refractivity contribution in [1.29, 1.82) is 0 Å². The first-order valence-corrected chi connectivity index (χ1v) is 7.98. The van der Waals surface area contributed by atoms with Gasteiger partial charge in [-0.25, -0.2) is 5.43 Å². The van der Waals surface area contributed by atoms with Gasteiger partial charge in [-0.3, -0.25) is 4.79 Å². The summed E-state index contributed by atoms with van der Waals surface area (Å²) < 4.78 is 5.49. The van der Waals surface area contributed by atoms with Crippen molar-refractivity contribution in [2.75, 3.05) is 6.61 Å². The molecule has 0 radical (unpaired) electrons. The Hall–Kier alpha value is -2.88. The lowest BCUT2D eigenvalue weighted by molar-refractivity contribution is 0.0955. The first kappa shape index (κ1) is 17.5. The molecule has 0 unspecified atom stereocenters. The van der Waals surface area contributed by atoms with Crippen molar-refractivity contribution in [2.24, 2.45) is 5.10 Å². The molecule has 2 aromatic rings. The predicted molar refractivity (Wildman–Crippen MR) is 98.3 cm³/mol. The van der Waals surface area contributed by atoms with Gasteiger partial charge in [-0.05, 0) is 48.7 Å². The lowest BCUT2D eigenvalue weighted by Gasteiger charge is -2.05. The number of nitrogens with one attached hydrogen (secondary N) is 1. The van der Waals surface area contributed by atoms with Crippen LogP contribution in [0.3, 0.4) is 0 Å². The zero-order valence-electron chi connectivity index (χ0n) is 14.0. The van der Waals surface area contributed by atoms with Crippen molar-refractivity contribution in [3.05, 3.63) is 71.3 Å². The van der Waals surface area contributed by atoms with Gasteiger partial charge >= 0.3 is 0 Å². The normalized spacial score (nSPS) is 11.5. The molecule has 0 aliphatic rings. The number of benzene rings is 2. The van der Waals surface area contributed by atoms with Crippen molar-refractivity contribution in [2.45, 2.75) is 20.3 Å². The number of rotatable bonds is 7. The number of hydrogen-bond acceptors (Lipinski definition) is 3. The Labute approximate surface area is 142 Å². The fourth-order valence-electron chi connectivity index (χ4n) is 2.03. The van der Waals surface area contributed by atoms with E-state index in [1.165, 1.54) is 0 Å². The molecule has 4 nitrogen and oxygen atoms in total. The Kier molecular flexibility index (Phi) is 6.77. The van der Waals surface area contributed by atoms with Gasteiger partial charge in [-0.1, -0.05) is 43.3 Å². The summed E-state index contributed by atoms with van der Waals surface area (Å²) in [7, 11) is 0. The Morgan fingerprint density at radius 1 is 1.12 bits per heavy atom. The topological polar surface area (TPSA) is 50.7 Å². The number of ether oxygens (including phenoxy) is 1. The summed E-state index contributed by atoms with van der Waals surface area (Å²) in [5.41, 5.74) is 5.11. The van der Waals surface area contributed by atoms with Gasteiger partial charge in [0.1, 0.15) is 5.75 Å². The van der Waals surface area contributed by atoms with Crippen molar-refractivity contribution >= 4 is 18.2 Å². The van der Waals surface area contributed by atoms with E-state index >= 15 is 0 Å². The minimum Gasteiger partial charge on any atom is -0.494 e. The molecule has 124 valence electrons. The van der Waals surface area contributed by atoms with Crippen molar-refractivity contribution < 1.29 is 9.53 Å².